The Hall–Kier alpha value is -2.39. The average molecular weight is 396 g/mol. The minimum Gasteiger partial charge on any atom is -0.298 e. The number of hydrogen-bond donors (Lipinski definition) is 1. The van der Waals surface area contributed by atoms with Gasteiger partial charge in [-0.05, 0) is 44.2 Å². The number of nitrogens with zero attached hydrogens (tertiary/aromatic N) is 1. The van der Waals surface area contributed by atoms with Crippen molar-refractivity contribution in [2.45, 2.75) is 24.0 Å². The maximum Gasteiger partial charge on any atom is 0.257 e. The second-order valence-corrected chi connectivity index (χ2v) is 9.36. The number of carbonyl (C=O) groups is 1. The normalized spacial score (nSPS) is 11.9. The van der Waals surface area contributed by atoms with Crippen LogP contribution in [0.2, 0.25) is 0 Å². The van der Waals surface area contributed by atoms with E-state index in [0.717, 1.165) is 23.5 Å². The number of amides is 1. The number of anilines is 1. The molecule has 0 aliphatic rings. The molecule has 0 fully saturated rings. The van der Waals surface area contributed by atoms with Crippen LogP contribution < -0.4 is 5.32 Å². The molecule has 0 unspecified atom stereocenters. The summed E-state index contributed by atoms with van der Waals surface area (Å²) in [6.45, 7) is 3.15. The van der Waals surface area contributed by atoms with Crippen molar-refractivity contribution in [3.63, 3.8) is 0 Å². The summed E-state index contributed by atoms with van der Waals surface area (Å²) in [6, 6.07) is 7.35. The van der Waals surface area contributed by atoms with E-state index in [-0.39, 0.29) is 25.8 Å². The maximum absolute atomic E-state index is 13.7. The first kappa shape index (κ1) is 18.4. The lowest BCUT2D eigenvalue weighted by Gasteiger charge is -2.08. The highest BCUT2D eigenvalue weighted by atomic mass is 32.2. The van der Waals surface area contributed by atoms with E-state index in [1.54, 1.807) is 13.8 Å². The minimum absolute atomic E-state index is 0.0231. The van der Waals surface area contributed by atoms with Gasteiger partial charge in [0.15, 0.2) is 20.8 Å². The topological polar surface area (TPSA) is 76.1 Å². The van der Waals surface area contributed by atoms with Crippen molar-refractivity contribution >= 4 is 42.4 Å². The number of aromatic nitrogens is 1. The number of nitrogens with one attached hydrogen (secondary N) is 1. The van der Waals surface area contributed by atoms with Crippen LogP contribution >= 0.6 is 11.3 Å². The fourth-order valence-electron chi connectivity index (χ4n) is 2.25. The van der Waals surface area contributed by atoms with Crippen molar-refractivity contribution in [1.29, 1.82) is 0 Å². The molecule has 1 aromatic heterocycles. The van der Waals surface area contributed by atoms with Gasteiger partial charge in [0.2, 0.25) is 0 Å². The number of thiazole rings is 1. The van der Waals surface area contributed by atoms with Gasteiger partial charge in [-0.1, -0.05) is 11.3 Å². The Morgan fingerprint density at radius 2 is 1.81 bits per heavy atom. The SMILES string of the molecule is CC(C)S(=O)(=O)c1ccc(C(=O)Nc2nc3c(F)cc(F)cc3s2)cc1. The van der Waals surface area contributed by atoms with Crippen molar-refractivity contribution in [1.82, 2.24) is 4.98 Å². The van der Waals surface area contributed by atoms with Crippen LogP contribution in [0.4, 0.5) is 13.9 Å². The van der Waals surface area contributed by atoms with Crippen molar-refractivity contribution in [2.24, 2.45) is 0 Å². The van der Waals surface area contributed by atoms with Gasteiger partial charge in [-0.15, -0.1) is 0 Å². The van der Waals surface area contributed by atoms with Crippen LogP contribution in [0.1, 0.15) is 24.2 Å². The van der Waals surface area contributed by atoms with E-state index in [1.807, 2.05) is 0 Å². The first-order valence-corrected chi connectivity index (χ1v) is 9.95. The number of fused-ring (bicyclic) bond motifs is 1. The molecular formula is C17H14F2N2O3S2. The van der Waals surface area contributed by atoms with Crippen LogP contribution in [0, 0.1) is 11.6 Å². The Morgan fingerprint density at radius 1 is 1.15 bits per heavy atom. The van der Waals surface area contributed by atoms with Gasteiger partial charge in [-0.2, -0.15) is 0 Å². The summed E-state index contributed by atoms with van der Waals surface area (Å²) < 4.78 is 51.4. The third-order valence-corrected chi connectivity index (χ3v) is 6.79. The molecule has 0 saturated carbocycles. The lowest BCUT2D eigenvalue weighted by molar-refractivity contribution is 0.102. The zero-order chi connectivity index (χ0) is 19.1. The van der Waals surface area contributed by atoms with Crippen molar-refractivity contribution < 1.29 is 22.0 Å². The van der Waals surface area contributed by atoms with Crippen LogP contribution in [-0.2, 0) is 9.84 Å². The predicted octanol–water partition coefficient (Wildman–Crippen LogP) is 4.01. The molecule has 0 spiro atoms. The van der Waals surface area contributed by atoms with Crippen molar-refractivity contribution in [3.05, 3.63) is 53.6 Å². The first-order chi connectivity index (χ1) is 12.2. The molecule has 1 amide bonds. The Balaban J connectivity index is 1.83. The van der Waals surface area contributed by atoms with E-state index in [9.17, 15) is 22.0 Å². The molecule has 5 nitrogen and oxygen atoms in total. The lowest BCUT2D eigenvalue weighted by Crippen LogP contribution is -2.15. The minimum atomic E-state index is -3.42. The quantitative estimate of drug-likeness (QED) is 0.723. The first-order valence-electron chi connectivity index (χ1n) is 7.59. The number of carbonyl (C=O) groups excluding carboxylic acids is 1. The monoisotopic (exact) mass is 396 g/mol. The Morgan fingerprint density at radius 3 is 2.42 bits per heavy atom. The van der Waals surface area contributed by atoms with E-state index >= 15 is 0 Å². The molecule has 1 heterocycles. The van der Waals surface area contributed by atoms with Gasteiger partial charge in [0, 0.05) is 11.6 Å². The van der Waals surface area contributed by atoms with Crippen LogP contribution in [0.5, 0.6) is 0 Å². The second-order valence-electron chi connectivity index (χ2n) is 5.83. The molecule has 0 bridgehead atoms. The van der Waals surface area contributed by atoms with Gasteiger partial charge in [0.1, 0.15) is 11.3 Å². The largest absolute Gasteiger partial charge is 0.298 e. The molecule has 136 valence electrons. The van der Waals surface area contributed by atoms with Crippen LogP contribution in [0.3, 0.4) is 0 Å². The Kier molecular flexibility index (Phi) is 4.76. The van der Waals surface area contributed by atoms with Gasteiger partial charge in [0.25, 0.3) is 5.91 Å². The van der Waals surface area contributed by atoms with Crippen LogP contribution in [0.15, 0.2) is 41.3 Å². The van der Waals surface area contributed by atoms with Gasteiger partial charge < -0.3 is 0 Å². The highest BCUT2D eigenvalue weighted by Crippen LogP contribution is 2.29. The number of hydrogen-bond acceptors (Lipinski definition) is 5. The van der Waals surface area contributed by atoms with E-state index in [0.29, 0.717) is 0 Å². The predicted molar refractivity (Wildman–Crippen MR) is 96.3 cm³/mol. The third-order valence-electron chi connectivity index (χ3n) is 3.70. The number of sulfone groups is 1. The molecule has 3 rings (SSSR count). The molecule has 0 radical (unpaired) electrons. The summed E-state index contributed by atoms with van der Waals surface area (Å²) in [5.74, 6) is -2.06. The molecule has 9 heteroatoms. The standard InChI is InChI=1S/C17H14F2N2O3S2/c1-9(2)26(23,24)12-5-3-10(4-6-12)16(22)21-17-20-15-13(19)7-11(18)8-14(15)25-17/h3-9H,1-2H3,(H,20,21,22). The van der Waals surface area contributed by atoms with Gasteiger partial charge >= 0.3 is 0 Å². The number of rotatable bonds is 4. The fraction of sp³-hybridized carbons (Fsp3) is 0.176. The fourth-order valence-corrected chi connectivity index (χ4v) is 4.21. The molecule has 3 aromatic rings. The van der Waals surface area contributed by atoms with Gasteiger partial charge in [-0.3, -0.25) is 10.1 Å². The second kappa shape index (κ2) is 6.73. The van der Waals surface area contributed by atoms with E-state index in [1.165, 1.54) is 24.3 Å². The summed E-state index contributed by atoms with van der Waals surface area (Å²) in [5, 5.41) is 2.05. The maximum atomic E-state index is 13.7. The van der Waals surface area contributed by atoms with E-state index in [4.69, 9.17) is 0 Å². The number of benzene rings is 2. The van der Waals surface area contributed by atoms with Crippen LogP contribution in [-0.4, -0.2) is 24.6 Å². The molecule has 0 atom stereocenters. The molecule has 0 aliphatic heterocycles. The van der Waals surface area contributed by atoms with E-state index < -0.39 is 32.6 Å². The smallest absolute Gasteiger partial charge is 0.257 e. The zero-order valence-corrected chi connectivity index (χ0v) is 15.4. The Labute approximate surface area is 152 Å². The molecular weight excluding hydrogens is 382 g/mol. The molecule has 0 aliphatic carbocycles. The Bertz CT molecular complexity index is 1090. The zero-order valence-electron chi connectivity index (χ0n) is 13.8. The third kappa shape index (κ3) is 3.45. The van der Waals surface area contributed by atoms with Crippen molar-refractivity contribution in [2.75, 3.05) is 5.32 Å². The molecule has 0 saturated heterocycles. The lowest BCUT2D eigenvalue weighted by atomic mass is 10.2. The summed E-state index contributed by atoms with van der Waals surface area (Å²) in [6.07, 6.45) is 0. The highest BCUT2D eigenvalue weighted by molar-refractivity contribution is 7.92. The molecule has 2 aromatic carbocycles. The highest BCUT2D eigenvalue weighted by Gasteiger charge is 2.20. The van der Waals surface area contributed by atoms with Gasteiger partial charge in [0.05, 0.1) is 14.8 Å². The summed E-state index contributed by atoms with van der Waals surface area (Å²) >= 11 is 0.941. The van der Waals surface area contributed by atoms with Gasteiger partial charge in [-0.25, -0.2) is 22.2 Å². The van der Waals surface area contributed by atoms with Crippen LogP contribution in [0.25, 0.3) is 10.2 Å². The summed E-state index contributed by atoms with van der Waals surface area (Å²) in [7, 11) is -3.42. The van der Waals surface area contributed by atoms with E-state index in [2.05, 4.69) is 10.3 Å². The molecule has 1 N–H and O–H groups in total. The van der Waals surface area contributed by atoms with Crippen molar-refractivity contribution in [3.8, 4) is 0 Å². The number of halogens is 2. The summed E-state index contributed by atoms with van der Waals surface area (Å²) in [5.41, 5.74) is 0.198. The average Bonchev–Trinajstić information content (AvgIpc) is 2.97. The molecule has 26 heavy (non-hydrogen) atoms. The summed E-state index contributed by atoms with van der Waals surface area (Å²) in [4.78, 5) is 16.4.